The molecule has 0 saturated carbocycles. The molecular weight excluding hydrogens is 496 g/mol. The minimum absolute atomic E-state index is 0.00566. The van der Waals surface area contributed by atoms with Crippen molar-refractivity contribution in [1.82, 2.24) is 0 Å². The molecule has 4 nitrogen and oxygen atoms in total. The summed E-state index contributed by atoms with van der Waals surface area (Å²) < 4.78 is 5.14. The molecular formula is C36H44O4. The Balaban J connectivity index is 1.43. The van der Waals surface area contributed by atoms with E-state index in [1.807, 2.05) is 0 Å². The number of aryl methyl sites for hydroxylation is 3. The molecule has 0 amide bonds. The molecule has 3 aromatic rings. The Morgan fingerprint density at radius 1 is 0.925 bits per heavy atom. The summed E-state index contributed by atoms with van der Waals surface area (Å²) in [6.07, 6.45) is 9.77. The van der Waals surface area contributed by atoms with E-state index in [2.05, 4.69) is 74.5 Å². The molecule has 4 rings (SSSR count). The maximum absolute atomic E-state index is 11.6. The van der Waals surface area contributed by atoms with Gasteiger partial charge in [0.25, 0.3) is 0 Å². The van der Waals surface area contributed by atoms with E-state index in [-0.39, 0.29) is 19.1 Å². The number of aliphatic hydroxyl groups is 1. The van der Waals surface area contributed by atoms with Crippen LogP contribution in [0.4, 0.5) is 0 Å². The van der Waals surface area contributed by atoms with Gasteiger partial charge in [-0.05, 0) is 95.4 Å². The van der Waals surface area contributed by atoms with Crippen LogP contribution in [0.5, 0.6) is 0 Å². The molecule has 3 aromatic carbocycles. The number of hydrogen-bond acceptors (Lipinski definition) is 4. The van der Waals surface area contributed by atoms with E-state index in [1.54, 1.807) is 0 Å². The summed E-state index contributed by atoms with van der Waals surface area (Å²) >= 11 is 0. The Labute approximate surface area is 239 Å². The lowest BCUT2D eigenvalue weighted by molar-refractivity contribution is -0.153. The minimum Gasteiger partial charge on any atom is -0.459 e. The molecule has 2 atom stereocenters. The molecule has 0 radical (unpaired) electrons. The summed E-state index contributed by atoms with van der Waals surface area (Å²) in [5.74, 6) is -1.10. The molecule has 0 aliphatic heterocycles. The molecule has 4 heteroatoms. The molecule has 40 heavy (non-hydrogen) atoms. The summed E-state index contributed by atoms with van der Waals surface area (Å²) in [5.41, 5.74) is 10.8. The van der Waals surface area contributed by atoms with Gasteiger partial charge >= 0.3 is 5.97 Å². The zero-order valence-corrected chi connectivity index (χ0v) is 24.4. The van der Waals surface area contributed by atoms with Crippen molar-refractivity contribution in [3.05, 3.63) is 94.0 Å². The topological polar surface area (TPSA) is 63.6 Å². The van der Waals surface area contributed by atoms with Crippen molar-refractivity contribution in [2.45, 2.75) is 90.4 Å². The molecule has 0 saturated heterocycles. The van der Waals surface area contributed by atoms with Crippen molar-refractivity contribution in [1.29, 1.82) is 0 Å². The molecule has 0 spiro atoms. The second kappa shape index (κ2) is 14.4. The van der Waals surface area contributed by atoms with E-state index in [0.29, 0.717) is 12.3 Å². The fourth-order valence-corrected chi connectivity index (χ4v) is 5.98. The number of esters is 1. The number of fused-ring (bicyclic) bond motifs is 1. The van der Waals surface area contributed by atoms with Crippen LogP contribution in [0.15, 0.2) is 60.7 Å². The van der Waals surface area contributed by atoms with Crippen LogP contribution < -0.4 is 0 Å². The summed E-state index contributed by atoms with van der Waals surface area (Å²) in [6.45, 7) is 5.82. The summed E-state index contributed by atoms with van der Waals surface area (Å²) in [6, 6.07) is 22.6. The number of benzene rings is 3. The van der Waals surface area contributed by atoms with Crippen molar-refractivity contribution >= 4 is 11.8 Å². The smallest absolute Gasteiger partial charge is 0.374 e. The maximum atomic E-state index is 11.6. The summed E-state index contributed by atoms with van der Waals surface area (Å²) in [5, 5.41) is 9.49. The van der Waals surface area contributed by atoms with Crippen LogP contribution in [0.1, 0.15) is 98.1 Å². The van der Waals surface area contributed by atoms with Gasteiger partial charge in [-0.2, -0.15) is 0 Å². The third-order valence-electron chi connectivity index (χ3n) is 8.46. The van der Waals surface area contributed by atoms with Crippen molar-refractivity contribution < 1.29 is 19.4 Å². The number of ether oxygens (including phenoxy) is 1. The predicted molar refractivity (Wildman–Crippen MR) is 162 cm³/mol. The first kappa shape index (κ1) is 29.7. The highest BCUT2D eigenvalue weighted by Crippen LogP contribution is 2.36. The number of Topliss-reactive ketones (excluding diaryl/α,β-unsaturated/α-hetero) is 1. The highest BCUT2D eigenvalue weighted by molar-refractivity contribution is 6.32. The van der Waals surface area contributed by atoms with Gasteiger partial charge in [0.05, 0.1) is 6.61 Å². The normalized spacial score (nSPS) is 15.3. The Morgan fingerprint density at radius 2 is 1.68 bits per heavy atom. The zero-order chi connectivity index (χ0) is 28.5. The molecule has 0 aromatic heterocycles. The average Bonchev–Trinajstić information content (AvgIpc) is 2.98. The molecule has 1 N–H and O–H groups in total. The Hall–Kier alpha value is -3.24. The largest absolute Gasteiger partial charge is 0.459 e. The molecule has 1 aliphatic rings. The van der Waals surface area contributed by atoms with Crippen LogP contribution in [0.3, 0.4) is 0 Å². The standard InChI is InChI=1S/C36H44O4/c1-4-6-7-8-27-13-14-31(21-26(27)5-2)33-18-17-32-22-30(15-16-34(32)23-33)28-9-11-29(12-10-28)35(19-20-37)24-40-36(39)25(3)38/h9-14,17-18,21,23,30,35,37H,4-8,15-16,19-20,22,24H2,1-3H3. The van der Waals surface area contributed by atoms with E-state index in [4.69, 9.17) is 4.74 Å². The van der Waals surface area contributed by atoms with Crippen molar-refractivity contribution in [2.24, 2.45) is 0 Å². The average molecular weight is 541 g/mol. The fourth-order valence-electron chi connectivity index (χ4n) is 5.98. The van der Waals surface area contributed by atoms with Gasteiger partial charge < -0.3 is 9.84 Å². The third-order valence-corrected chi connectivity index (χ3v) is 8.46. The lowest BCUT2D eigenvalue weighted by Crippen LogP contribution is -2.19. The van der Waals surface area contributed by atoms with E-state index in [9.17, 15) is 14.7 Å². The lowest BCUT2D eigenvalue weighted by atomic mass is 9.79. The number of rotatable bonds is 13. The Morgan fingerprint density at radius 3 is 2.38 bits per heavy atom. The second-order valence-corrected chi connectivity index (χ2v) is 11.2. The van der Waals surface area contributed by atoms with Gasteiger partial charge in [0, 0.05) is 19.4 Å². The van der Waals surface area contributed by atoms with E-state index >= 15 is 0 Å². The molecule has 2 unspecified atom stereocenters. The van der Waals surface area contributed by atoms with Gasteiger partial charge in [-0.1, -0.05) is 87.4 Å². The van der Waals surface area contributed by atoms with Gasteiger partial charge in [0.15, 0.2) is 0 Å². The number of carbonyl (C=O) groups is 2. The predicted octanol–water partition coefficient (Wildman–Crippen LogP) is 7.52. The van der Waals surface area contributed by atoms with E-state index < -0.39 is 11.8 Å². The first-order valence-electron chi connectivity index (χ1n) is 15.1. The maximum Gasteiger partial charge on any atom is 0.374 e. The van der Waals surface area contributed by atoms with Gasteiger partial charge in [-0.3, -0.25) is 4.79 Å². The van der Waals surface area contributed by atoms with Crippen LogP contribution >= 0.6 is 0 Å². The summed E-state index contributed by atoms with van der Waals surface area (Å²) in [7, 11) is 0. The number of aliphatic hydroxyl groups excluding tert-OH is 1. The quantitative estimate of drug-likeness (QED) is 0.138. The molecule has 212 valence electrons. The van der Waals surface area contributed by atoms with Crippen molar-refractivity contribution in [3.63, 3.8) is 0 Å². The highest BCUT2D eigenvalue weighted by atomic mass is 16.5. The second-order valence-electron chi connectivity index (χ2n) is 11.2. The van der Waals surface area contributed by atoms with Crippen LogP contribution in [0, 0.1) is 0 Å². The van der Waals surface area contributed by atoms with Gasteiger partial charge in [0.1, 0.15) is 0 Å². The molecule has 0 fully saturated rings. The Kier molecular flexibility index (Phi) is 10.7. The molecule has 0 bridgehead atoms. The SMILES string of the molecule is CCCCCc1ccc(-c2ccc3c(c2)CCC(c2ccc(C(CCO)COC(=O)C(C)=O)cc2)C3)cc1CC. The highest BCUT2D eigenvalue weighted by Gasteiger charge is 2.22. The van der Waals surface area contributed by atoms with Crippen LogP contribution in [0.2, 0.25) is 0 Å². The van der Waals surface area contributed by atoms with Crippen molar-refractivity contribution in [3.8, 4) is 11.1 Å². The van der Waals surface area contributed by atoms with Crippen LogP contribution in [-0.2, 0) is 40.0 Å². The van der Waals surface area contributed by atoms with Gasteiger partial charge in [0.2, 0.25) is 5.78 Å². The third kappa shape index (κ3) is 7.48. The van der Waals surface area contributed by atoms with Crippen molar-refractivity contribution in [2.75, 3.05) is 13.2 Å². The first-order valence-corrected chi connectivity index (χ1v) is 15.1. The van der Waals surface area contributed by atoms with E-state index in [1.165, 1.54) is 71.6 Å². The van der Waals surface area contributed by atoms with Gasteiger partial charge in [-0.15, -0.1) is 0 Å². The first-order chi connectivity index (χ1) is 19.4. The zero-order valence-electron chi connectivity index (χ0n) is 24.4. The monoisotopic (exact) mass is 540 g/mol. The number of carbonyl (C=O) groups excluding carboxylic acids is 2. The fraction of sp³-hybridized carbons (Fsp3) is 0.444. The summed E-state index contributed by atoms with van der Waals surface area (Å²) in [4.78, 5) is 22.8. The minimum atomic E-state index is -0.825. The van der Waals surface area contributed by atoms with E-state index in [0.717, 1.165) is 31.2 Å². The Bertz CT molecular complexity index is 1290. The number of ketones is 1. The number of unbranched alkanes of at least 4 members (excludes halogenated alkanes) is 2. The number of hydrogen-bond donors (Lipinski definition) is 1. The van der Waals surface area contributed by atoms with Crippen LogP contribution in [-0.4, -0.2) is 30.1 Å². The molecule has 1 aliphatic carbocycles. The lowest BCUT2D eigenvalue weighted by Gasteiger charge is -2.26. The van der Waals surface area contributed by atoms with Crippen LogP contribution in [0.25, 0.3) is 11.1 Å². The molecule has 0 heterocycles. The van der Waals surface area contributed by atoms with Gasteiger partial charge in [-0.25, -0.2) is 4.79 Å².